The molecule has 3 N–H and O–H groups in total. The van der Waals surface area contributed by atoms with E-state index in [2.05, 4.69) is 0 Å². The van der Waals surface area contributed by atoms with Crippen molar-refractivity contribution in [3.8, 4) is 0 Å². The van der Waals surface area contributed by atoms with Crippen LogP contribution in [0.25, 0.3) is 0 Å². The molecule has 2 rings (SSSR count). The normalized spacial score (nSPS) is 19.7. The lowest BCUT2D eigenvalue weighted by atomic mass is 9.97. The van der Waals surface area contributed by atoms with Gasteiger partial charge in [-0.1, -0.05) is 0 Å². The summed E-state index contributed by atoms with van der Waals surface area (Å²) in [5.74, 6) is -1.83. The number of piperidine rings is 1. The Balaban J connectivity index is 2.47. The van der Waals surface area contributed by atoms with E-state index in [0.717, 1.165) is 12.1 Å². The fraction of sp³-hybridized carbons (Fsp3) is 0.462. The van der Waals surface area contributed by atoms with Crippen LogP contribution < -0.4 is 10.0 Å². The van der Waals surface area contributed by atoms with Crippen LogP contribution in [0.15, 0.2) is 23.1 Å². The zero-order valence-electron chi connectivity index (χ0n) is 11.9. The molecule has 0 amide bonds. The number of carboxylic acid groups (broad SMARTS) is 1. The number of aliphatic carboxylic acids is 1. The van der Waals surface area contributed by atoms with Gasteiger partial charge in [0.25, 0.3) is 0 Å². The monoisotopic (exact) mass is 352 g/mol. The minimum atomic E-state index is -4.79. The van der Waals surface area contributed by atoms with E-state index in [9.17, 15) is 26.4 Å². The minimum absolute atomic E-state index is 0.0624. The highest BCUT2D eigenvalue weighted by Gasteiger charge is 2.37. The number of anilines is 1. The Hall–Kier alpha value is -1.81. The summed E-state index contributed by atoms with van der Waals surface area (Å²) in [5, 5.41) is 13.9. The number of benzene rings is 1. The molecule has 1 saturated heterocycles. The molecule has 0 bridgehead atoms. The van der Waals surface area contributed by atoms with E-state index in [4.69, 9.17) is 10.2 Å². The molecule has 10 heteroatoms. The minimum Gasteiger partial charge on any atom is -0.481 e. The number of nitrogens with two attached hydrogens (primary N) is 1. The average molecular weight is 352 g/mol. The lowest BCUT2D eigenvalue weighted by molar-refractivity contribution is -0.141. The molecule has 1 aromatic rings. The highest BCUT2D eigenvalue weighted by atomic mass is 32.2. The van der Waals surface area contributed by atoms with Gasteiger partial charge in [0.15, 0.2) is 0 Å². The number of primary sulfonamides is 1. The Morgan fingerprint density at radius 1 is 1.35 bits per heavy atom. The van der Waals surface area contributed by atoms with E-state index in [1.807, 2.05) is 0 Å². The van der Waals surface area contributed by atoms with Crippen molar-refractivity contribution in [3.63, 3.8) is 0 Å². The second-order valence-corrected chi connectivity index (χ2v) is 6.91. The van der Waals surface area contributed by atoms with Gasteiger partial charge in [0.05, 0.1) is 16.4 Å². The summed E-state index contributed by atoms with van der Waals surface area (Å²) < 4.78 is 62.3. The molecule has 1 aliphatic heterocycles. The van der Waals surface area contributed by atoms with Crippen LogP contribution in [0.3, 0.4) is 0 Å². The molecule has 1 atom stereocenters. The van der Waals surface area contributed by atoms with Gasteiger partial charge in [0, 0.05) is 18.8 Å². The number of alkyl halides is 3. The Kier molecular flexibility index (Phi) is 4.58. The zero-order chi connectivity index (χ0) is 17.4. The summed E-state index contributed by atoms with van der Waals surface area (Å²) in [6.45, 7) is 0.203. The van der Waals surface area contributed by atoms with Crippen LogP contribution >= 0.6 is 0 Å². The van der Waals surface area contributed by atoms with Gasteiger partial charge in [-0.15, -0.1) is 0 Å². The fourth-order valence-electron chi connectivity index (χ4n) is 2.59. The molecule has 1 aliphatic rings. The number of hydrogen-bond acceptors (Lipinski definition) is 4. The van der Waals surface area contributed by atoms with Crippen molar-refractivity contribution in [1.29, 1.82) is 0 Å². The summed E-state index contributed by atoms with van der Waals surface area (Å²) in [4.78, 5) is 11.7. The van der Waals surface area contributed by atoms with Crippen molar-refractivity contribution >= 4 is 21.7 Å². The van der Waals surface area contributed by atoms with Gasteiger partial charge >= 0.3 is 12.1 Å². The van der Waals surface area contributed by atoms with E-state index in [1.54, 1.807) is 0 Å². The quantitative estimate of drug-likeness (QED) is 0.861. The molecule has 6 nitrogen and oxygen atoms in total. The molecule has 1 fully saturated rings. The van der Waals surface area contributed by atoms with Crippen molar-refractivity contribution in [3.05, 3.63) is 23.8 Å². The lowest BCUT2D eigenvalue weighted by Gasteiger charge is -2.34. The van der Waals surface area contributed by atoms with Crippen molar-refractivity contribution in [1.82, 2.24) is 0 Å². The average Bonchev–Trinajstić information content (AvgIpc) is 2.45. The maximum atomic E-state index is 13.2. The third-order valence-corrected chi connectivity index (χ3v) is 4.62. The predicted octanol–water partition coefficient (Wildman–Crippen LogP) is 1.65. The summed E-state index contributed by atoms with van der Waals surface area (Å²) >= 11 is 0. The van der Waals surface area contributed by atoms with E-state index in [0.29, 0.717) is 18.9 Å². The van der Waals surface area contributed by atoms with Crippen molar-refractivity contribution in [2.75, 3.05) is 18.0 Å². The summed E-state index contributed by atoms with van der Waals surface area (Å²) in [5.41, 5.74) is -1.38. The summed E-state index contributed by atoms with van der Waals surface area (Å²) in [6.07, 6.45) is -3.96. The molecule has 0 saturated carbocycles. The van der Waals surface area contributed by atoms with E-state index >= 15 is 0 Å². The van der Waals surface area contributed by atoms with E-state index in [-0.39, 0.29) is 18.8 Å². The standard InChI is InChI=1S/C13H15F3N2O4S/c14-13(15,16)10-6-9(23(17,21)22)3-4-11(10)18-5-1-2-8(7-18)12(19)20/h3-4,6,8H,1-2,5,7H2,(H,19,20)(H2,17,21,22). The molecule has 0 aliphatic carbocycles. The van der Waals surface area contributed by atoms with Gasteiger partial charge in [0.1, 0.15) is 0 Å². The van der Waals surface area contributed by atoms with Gasteiger partial charge in [-0.25, -0.2) is 13.6 Å². The largest absolute Gasteiger partial charge is 0.481 e. The molecular formula is C13H15F3N2O4S. The molecule has 1 heterocycles. The highest BCUT2D eigenvalue weighted by Crippen LogP contribution is 2.39. The number of rotatable bonds is 3. The first-order chi connectivity index (χ1) is 10.5. The SMILES string of the molecule is NS(=O)(=O)c1ccc(N2CCCC(C(=O)O)C2)c(C(F)(F)F)c1. The number of hydrogen-bond donors (Lipinski definition) is 2. The fourth-order valence-corrected chi connectivity index (χ4v) is 3.13. The van der Waals surface area contributed by atoms with Gasteiger partial charge < -0.3 is 10.0 Å². The Morgan fingerprint density at radius 3 is 2.52 bits per heavy atom. The predicted molar refractivity (Wildman–Crippen MR) is 75.4 cm³/mol. The molecule has 0 spiro atoms. The number of halogens is 3. The van der Waals surface area contributed by atoms with Crippen molar-refractivity contribution < 1.29 is 31.5 Å². The Morgan fingerprint density at radius 2 is 2.00 bits per heavy atom. The first-order valence-corrected chi connectivity index (χ1v) is 8.26. The maximum absolute atomic E-state index is 13.2. The van der Waals surface area contributed by atoms with Crippen LogP contribution in [0.5, 0.6) is 0 Å². The third-order valence-electron chi connectivity index (χ3n) is 3.71. The first-order valence-electron chi connectivity index (χ1n) is 6.72. The van der Waals surface area contributed by atoms with E-state index < -0.39 is 38.5 Å². The van der Waals surface area contributed by atoms with Crippen LogP contribution in [0.2, 0.25) is 0 Å². The Bertz CT molecular complexity index is 718. The number of carboxylic acids is 1. The van der Waals surface area contributed by atoms with Gasteiger partial charge in [0.2, 0.25) is 10.0 Å². The van der Waals surface area contributed by atoms with Crippen LogP contribution in [0.4, 0.5) is 18.9 Å². The van der Waals surface area contributed by atoms with Gasteiger partial charge in [-0.05, 0) is 31.0 Å². The molecule has 0 radical (unpaired) electrons. The van der Waals surface area contributed by atoms with Gasteiger partial charge in [-0.2, -0.15) is 13.2 Å². The number of carbonyl (C=O) groups is 1. The summed E-state index contributed by atoms with van der Waals surface area (Å²) in [6, 6.07) is 2.49. The molecule has 1 unspecified atom stereocenters. The Labute approximate surface area is 130 Å². The van der Waals surface area contributed by atoms with Crippen LogP contribution in [0.1, 0.15) is 18.4 Å². The van der Waals surface area contributed by atoms with Crippen LogP contribution in [0, 0.1) is 5.92 Å². The number of nitrogens with zero attached hydrogens (tertiary/aromatic N) is 1. The van der Waals surface area contributed by atoms with Crippen molar-refractivity contribution in [2.45, 2.75) is 23.9 Å². The first kappa shape index (κ1) is 17.5. The molecular weight excluding hydrogens is 337 g/mol. The highest BCUT2D eigenvalue weighted by molar-refractivity contribution is 7.89. The molecule has 128 valence electrons. The second kappa shape index (κ2) is 6.00. The van der Waals surface area contributed by atoms with Crippen LogP contribution in [-0.2, 0) is 21.0 Å². The second-order valence-electron chi connectivity index (χ2n) is 5.35. The topological polar surface area (TPSA) is 101 Å². The van der Waals surface area contributed by atoms with Gasteiger partial charge in [-0.3, -0.25) is 4.79 Å². The smallest absolute Gasteiger partial charge is 0.418 e. The lowest BCUT2D eigenvalue weighted by Crippen LogP contribution is -2.39. The number of sulfonamides is 1. The molecule has 0 aromatic heterocycles. The molecule has 23 heavy (non-hydrogen) atoms. The van der Waals surface area contributed by atoms with E-state index in [1.165, 1.54) is 4.90 Å². The third kappa shape index (κ3) is 3.94. The maximum Gasteiger partial charge on any atom is 0.418 e. The zero-order valence-corrected chi connectivity index (χ0v) is 12.7. The van der Waals surface area contributed by atoms with Crippen LogP contribution in [-0.4, -0.2) is 32.6 Å². The summed E-state index contributed by atoms with van der Waals surface area (Å²) in [7, 11) is -4.27. The van der Waals surface area contributed by atoms with Crippen molar-refractivity contribution in [2.24, 2.45) is 11.1 Å². The molecule has 1 aromatic carbocycles.